The summed E-state index contributed by atoms with van der Waals surface area (Å²) in [5, 5.41) is 22.9. The SMILES string of the molecule is O=C(NC1CCSC1)c1cc(O)ccc1[N+](=O)[O-]. The number of nitro groups is 1. The number of aromatic hydroxyl groups is 1. The summed E-state index contributed by atoms with van der Waals surface area (Å²) in [6.07, 6.45) is 0.864. The maximum absolute atomic E-state index is 11.9. The van der Waals surface area contributed by atoms with Crippen molar-refractivity contribution in [2.75, 3.05) is 11.5 Å². The van der Waals surface area contributed by atoms with Crippen molar-refractivity contribution in [2.45, 2.75) is 12.5 Å². The molecule has 0 saturated carbocycles. The normalized spacial score (nSPS) is 18.6. The van der Waals surface area contributed by atoms with Crippen molar-refractivity contribution >= 4 is 23.4 Å². The molecule has 0 bridgehead atoms. The van der Waals surface area contributed by atoms with Crippen LogP contribution in [0.4, 0.5) is 5.69 Å². The monoisotopic (exact) mass is 268 g/mol. The van der Waals surface area contributed by atoms with Gasteiger partial charge in [-0.15, -0.1) is 0 Å². The lowest BCUT2D eigenvalue weighted by molar-refractivity contribution is -0.385. The molecule has 1 fully saturated rings. The third-order valence-corrected chi connectivity index (χ3v) is 3.85. The van der Waals surface area contributed by atoms with Crippen LogP contribution in [0.3, 0.4) is 0 Å². The fourth-order valence-corrected chi connectivity index (χ4v) is 2.93. The van der Waals surface area contributed by atoms with E-state index in [1.807, 2.05) is 0 Å². The van der Waals surface area contributed by atoms with Gasteiger partial charge < -0.3 is 10.4 Å². The minimum Gasteiger partial charge on any atom is -0.508 e. The number of rotatable bonds is 3. The van der Waals surface area contributed by atoms with Gasteiger partial charge in [0.1, 0.15) is 11.3 Å². The van der Waals surface area contributed by atoms with Crippen LogP contribution in [0.5, 0.6) is 5.75 Å². The number of carbonyl (C=O) groups excluding carboxylic acids is 1. The second-order valence-electron chi connectivity index (χ2n) is 3.99. The number of carbonyl (C=O) groups is 1. The maximum Gasteiger partial charge on any atom is 0.282 e. The van der Waals surface area contributed by atoms with E-state index in [4.69, 9.17) is 0 Å². The number of phenols is 1. The zero-order valence-corrected chi connectivity index (χ0v) is 10.3. The summed E-state index contributed by atoms with van der Waals surface area (Å²) in [4.78, 5) is 22.1. The molecule has 1 aromatic carbocycles. The van der Waals surface area contributed by atoms with Gasteiger partial charge in [-0.2, -0.15) is 11.8 Å². The van der Waals surface area contributed by atoms with E-state index >= 15 is 0 Å². The number of amides is 1. The number of nitrogens with zero attached hydrogens (tertiary/aromatic N) is 1. The Morgan fingerprint density at radius 3 is 2.94 bits per heavy atom. The van der Waals surface area contributed by atoms with E-state index in [2.05, 4.69) is 5.32 Å². The highest BCUT2D eigenvalue weighted by molar-refractivity contribution is 7.99. The molecule has 6 nitrogen and oxygen atoms in total. The van der Waals surface area contributed by atoms with Crippen LogP contribution in [-0.4, -0.2) is 33.5 Å². The van der Waals surface area contributed by atoms with E-state index in [1.54, 1.807) is 11.8 Å². The average molecular weight is 268 g/mol. The van der Waals surface area contributed by atoms with E-state index in [9.17, 15) is 20.0 Å². The molecule has 18 heavy (non-hydrogen) atoms. The highest BCUT2D eigenvalue weighted by Crippen LogP contribution is 2.24. The highest BCUT2D eigenvalue weighted by Gasteiger charge is 2.24. The fraction of sp³-hybridized carbons (Fsp3) is 0.364. The van der Waals surface area contributed by atoms with Crippen molar-refractivity contribution in [1.29, 1.82) is 0 Å². The molecular formula is C11H12N2O4S. The van der Waals surface area contributed by atoms with Crippen molar-refractivity contribution < 1.29 is 14.8 Å². The topological polar surface area (TPSA) is 92.5 Å². The molecule has 0 aromatic heterocycles. The molecule has 1 unspecified atom stereocenters. The Balaban J connectivity index is 2.22. The third kappa shape index (κ3) is 2.73. The zero-order chi connectivity index (χ0) is 13.1. The summed E-state index contributed by atoms with van der Waals surface area (Å²) < 4.78 is 0. The molecule has 0 spiro atoms. The number of thioether (sulfide) groups is 1. The summed E-state index contributed by atoms with van der Waals surface area (Å²) in [6, 6.07) is 3.49. The first-order valence-electron chi connectivity index (χ1n) is 5.44. The van der Waals surface area contributed by atoms with Crippen LogP contribution in [0.25, 0.3) is 0 Å². The Labute approximate surface area is 108 Å². The first-order chi connectivity index (χ1) is 8.58. The van der Waals surface area contributed by atoms with Crippen LogP contribution in [0, 0.1) is 10.1 Å². The van der Waals surface area contributed by atoms with Crippen molar-refractivity contribution in [3.8, 4) is 5.75 Å². The standard InChI is InChI=1S/C11H12N2O4S/c14-8-1-2-10(13(16)17)9(5-8)11(15)12-7-3-4-18-6-7/h1-2,5,7,14H,3-4,6H2,(H,12,15). The second kappa shape index (κ2) is 5.26. The molecule has 1 aromatic rings. The highest BCUT2D eigenvalue weighted by atomic mass is 32.2. The molecular weight excluding hydrogens is 256 g/mol. The summed E-state index contributed by atoms with van der Waals surface area (Å²) in [5.74, 6) is 1.13. The number of phenolic OH excluding ortho intramolecular Hbond substituents is 1. The number of benzene rings is 1. The van der Waals surface area contributed by atoms with Crippen molar-refractivity contribution in [3.63, 3.8) is 0 Å². The first kappa shape index (κ1) is 12.7. The lowest BCUT2D eigenvalue weighted by Crippen LogP contribution is -2.34. The van der Waals surface area contributed by atoms with Crippen LogP contribution in [0.15, 0.2) is 18.2 Å². The van der Waals surface area contributed by atoms with Crippen molar-refractivity contribution in [3.05, 3.63) is 33.9 Å². The van der Waals surface area contributed by atoms with E-state index in [1.165, 1.54) is 6.07 Å². The summed E-state index contributed by atoms with van der Waals surface area (Å²) in [5.41, 5.74) is -0.396. The predicted molar refractivity (Wildman–Crippen MR) is 68.0 cm³/mol. The smallest absolute Gasteiger partial charge is 0.282 e. The number of hydrogen-bond donors (Lipinski definition) is 2. The van der Waals surface area contributed by atoms with E-state index in [-0.39, 0.29) is 23.0 Å². The minimum absolute atomic E-state index is 0.0458. The van der Waals surface area contributed by atoms with Gasteiger partial charge in [0.15, 0.2) is 0 Å². The third-order valence-electron chi connectivity index (χ3n) is 2.69. The molecule has 7 heteroatoms. The van der Waals surface area contributed by atoms with Gasteiger partial charge in [0, 0.05) is 17.9 Å². The van der Waals surface area contributed by atoms with Gasteiger partial charge in [0.25, 0.3) is 11.6 Å². The van der Waals surface area contributed by atoms with Gasteiger partial charge in [0.2, 0.25) is 0 Å². The molecule has 0 radical (unpaired) electrons. The second-order valence-corrected chi connectivity index (χ2v) is 5.14. The van der Waals surface area contributed by atoms with Gasteiger partial charge in [-0.1, -0.05) is 0 Å². The van der Waals surface area contributed by atoms with Gasteiger partial charge in [0.05, 0.1) is 4.92 Å². The summed E-state index contributed by atoms with van der Waals surface area (Å²) in [7, 11) is 0. The van der Waals surface area contributed by atoms with Crippen LogP contribution < -0.4 is 5.32 Å². The molecule has 1 aliphatic rings. The summed E-state index contributed by atoms with van der Waals surface area (Å²) >= 11 is 1.74. The molecule has 2 rings (SSSR count). The molecule has 1 saturated heterocycles. The summed E-state index contributed by atoms with van der Waals surface area (Å²) in [6.45, 7) is 0. The van der Waals surface area contributed by atoms with Crippen molar-refractivity contribution in [2.24, 2.45) is 0 Å². The van der Waals surface area contributed by atoms with Crippen LogP contribution >= 0.6 is 11.8 Å². The Bertz CT molecular complexity index is 486. The maximum atomic E-state index is 11.9. The molecule has 0 aliphatic carbocycles. The van der Waals surface area contributed by atoms with E-state index in [0.717, 1.165) is 30.1 Å². The Kier molecular flexibility index (Phi) is 3.71. The minimum atomic E-state index is -0.627. The molecule has 1 heterocycles. The average Bonchev–Trinajstić information content (AvgIpc) is 2.81. The van der Waals surface area contributed by atoms with E-state index in [0.29, 0.717) is 0 Å². The van der Waals surface area contributed by atoms with Crippen LogP contribution in [0.1, 0.15) is 16.8 Å². The van der Waals surface area contributed by atoms with Crippen molar-refractivity contribution in [1.82, 2.24) is 5.32 Å². The molecule has 96 valence electrons. The first-order valence-corrected chi connectivity index (χ1v) is 6.59. The largest absolute Gasteiger partial charge is 0.508 e. The Hall–Kier alpha value is -1.76. The van der Waals surface area contributed by atoms with Gasteiger partial charge in [-0.3, -0.25) is 14.9 Å². The number of nitro benzene ring substituents is 1. The quantitative estimate of drug-likeness (QED) is 0.640. The molecule has 1 aliphatic heterocycles. The zero-order valence-electron chi connectivity index (χ0n) is 9.46. The molecule has 1 amide bonds. The predicted octanol–water partition coefficient (Wildman–Crippen LogP) is 1.54. The Morgan fingerprint density at radius 1 is 1.56 bits per heavy atom. The molecule has 1 atom stereocenters. The Morgan fingerprint density at radius 2 is 2.33 bits per heavy atom. The van der Waals surface area contributed by atoms with Crippen LogP contribution in [0.2, 0.25) is 0 Å². The lowest BCUT2D eigenvalue weighted by atomic mass is 10.1. The van der Waals surface area contributed by atoms with Crippen LogP contribution in [-0.2, 0) is 0 Å². The lowest BCUT2D eigenvalue weighted by Gasteiger charge is -2.11. The van der Waals surface area contributed by atoms with Gasteiger partial charge in [-0.05, 0) is 24.3 Å². The number of hydrogen-bond acceptors (Lipinski definition) is 5. The van der Waals surface area contributed by atoms with Gasteiger partial charge in [-0.25, -0.2) is 0 Å². The fourth-order valence-electron chi connectivity index (χ4n) is 1.78. The van der Waals surface area contributed by atoms with Gasteiger partial charge >= 0.3 is 0 Å². The van der Waals surface area contributed by atoms with E-state index < -0.39 is 10.8 Å². The molecule has 2 N–H and O–H groups in total. The number of nitrogens with one attached hydrogen (secondary N) is 1.